The van der Waals surface area contributed by atoms with Crippen LogP contribution in [0.5, 0.6) is 0 Å². The second-order valence-electron chi connectivity index (χ2n) is 7.15. The number of fused-ring (bicyclic) bond motifs is 1. The van der Waals surface area contributed by atoms with Crippen molar-refractivity contribution in [2.75, 3.05) is 0 Å². The molecule has 0 aliphatic heterocycles. The highest BCUT2D eigenvalue weighted by Crippen LogP contribution is 2.13. The first-order chi connectivity index (χ1) is 14.6. The van der Waals surface area contributed by atoms with Crippen LogP contribution in [0.15, 0.2) is 75.6 Å². The van der Waals surface area contributed by atoms with Gasteiger partial charge >= 0.3 is 5.69 Å². The third-order valence-electron chi connectivity index (χ3n) is 5.23. The molecule has 0 N–H and O–H groups in total. The van der Waals surface area contributed by atoms with Gasteiger partial charge in [0, 0.05) is 23.4 Å². The molecule has 6 heteroatoms. The van der Waals surface area contributed by atoms with Gasteiger partial charge in [0.15, 0.2) is 5.78 Å². The topological polar surface area (TPSA) is 61.1 Å². The van der Waals surface area contributed by atoms with Crippen molar-refractivity contribution >= 4 is 28.0 Å². The summed E-state index contributed by atoms with van der Waals surface area (Å²) < 4.78 is 2.97. The minimum Gasteiger partial charge on any atom is -0.294 e. The monoisotopic (exact) mass is 418 g/mol. The Hall–Kier alpha value is -3.25. The molecule has 2 heterocycles. The van der Waals surface area contributed by atoms with Gasteiger partial charge < -0.3 is 0 Å². The van der Waals surface area contributed by atoms with E-state index >= 15 is 0 Å². The predicted molar refractivity (Wildman–Crippen MR) is 121 cm³/mol. The van der Waals surface area contributed by atoms with Gasteiger partial charge in [-0.2, -0.15) is 0 Å². The van der Waals surface area contributed by atoms with Gasteiger partial charge in [-0.15, -0.1) is 11.3 Å². The molecule has 0 saturated carbocycles. The molecule has 0 spiro atoms. The quantitative estimate of drug-likeness (QED) is 0.425. The van der Waals surface area contributed by atoms with E-state index in [1.54, 1.807) is 40.2 Å². The largest absolute Gasteiger partial charge is 0.331 e. The van der Waals surface area contributed by atoms with Crippen LogP contribution in [0.4, 0.5) is 0 Å². The number of carbonyl (C=O) groups is 1. The first kappa shape index (κ1) is 20.0. The zero-order valence-corrected chi connectivity index (χ0v) is 17.5. The van der Waals surface area contributed by atoms with Crippen molar-refractivity contribution < 1.29 is 4.79 Å². The standard InChI is InChI=1S/C24H22N2O3S/c1-2-22(27)18-11-9-17(10-12-18)16-26-21-8-4-3-7-20(21)23(28)25(24(26)29)14-13-19-6-5-15-30-19/h3-12,15H,2,13-14,16H2,1H3. The number of benzene rings is 2. The predicted octanol–water partition coefficient (Wildman–Crippen LogP) is 4.11. The van der Waals surface area contributed by atoms with Crippen LogP contribution in [0.1, 0.15) is 34.1 Å². The van der Waals surface area contributed by atoms with Gasteiger partial charge in [0.2, 0.25) is 0 Å². The Bertz CT molecular complexity index is 1300. The van der Waals surface area contributed by atoms with E-state index in [1.807, 2.05) is 48.7 Å². The third kappa shape index (κ3) is 3.91. The average Bonchev–Trinajstić information content (AvgIpc) is 3.30. The molecule has 0 bridgehead atoms. The van der Waals surface area contributed by atoms with Crippen molar-refractivity contribution in [3.8, 4) is 0 Å². The van der Waals surface area contributed by atoms with E-state index in [2.05, 4.69) is 0 Å². The van der Waals surface area contributed by atoms with E-state index in [1.165, 1.54) is 4.57 Å². The first-order valence-electron chi connectivity index (χ1n) is 9.95. The maximum Gasteiger partial charge on any atom is 0.331 e. The Morgan fingerprint density at radius 2 is 1.70 bits per heavy atom. The van der Waals surface area contributed by atoms with E-state index in [-0.39, 0.29) is 17.0 Å². The number of Topliss-reactive ketones (excluding diaryl/α,β-unsaturated/α-hetero) is 1. The van der Waals surface area contributed by atoms with Crippen molar-refractivity contribution in [3.63, 3.8) is 0 Å². The second kappa shape index (κ2) is 8.63. The van der Waals surface area contributed by atoms with Crippen molar-refractivity contribution in [2.45, 2.75) is 32.9 Å². The maximum atomic E-state index is 13.3. The summed E-state index contributed by atoms with van der Waals surface area (Å²) in [6.07, 6.45) is 1.09. The summed E-state index contributed by atoms with van der Waals surface area (Å²) in [6, 6.07) is 18.5. The van der Waals surface area contributed by atoms with Crippen LogP contribution >= 0.6 is 11.3 Å². The van der Waals surface area contributed by atoms with Crippen LogP contribution in [-0.4, -0.2) is 14.9 Å². The van der Waals surface area contributed by atoms with E-state index < -0.39 is 0 Å². The third-order valence-corrected chi connectivity index (χ3v) is 6.17. The Kier molecular flexibility index (Phi) is 5.77. The van der Waals surface area contributed by atoms with Gasteiger partial charge in [-0.05, 0) is 35.6 Å². The summed E-state index contributed by atoms with van der Waals surface area (Å²) in [7, 11) is 0. The SMILES string of the molecule is CCC(=O)c1ccc(Cn2c(=O)n(CCc3cccs3)c(=O)c3ccccc32)cc1. The fourth-order valence-electron chi connectivity index (χ4n) is 3.58. The summed E-state index contributed by atoms with van der Waals surface area (Å²) in [5.74, 6) is 0.0892. The molecule has 0 aliphatic carbocycles. The minimum atomic E-state index is -0.316. The Morgan fingerprint density at radius 3 is 2.40 bits per heavy atom. The van der Waals surface area contributed by atoms with Crippen LogP contribution in [0.2, 0.25) is 0 Å². The fourth-order valence-corrected chi connectivity index (χ4v) is 4.28. The van der Waals surface area contributed by atoms with Crippen LogP contribution in [0.3, 0.4) is 0 Å². The van der Waals surface area contributed by atoms with E-state index in [4.69, 9.17) is 0 Å². The van der Waals surface area contributed by atoms with Crippen LogP contribution in [0, 0.1) is 0 Å². The molecule has 2 aromatic carbocycles. The normalized spacial score (nSPS) is 11.1. The molecule has 4 aromatic rings. The van der Waals surface area contributed by atoms with Gasteiger partial charge in [0.1, 0.15) is 0 Å². The number of aromatic nitrogens is 2. The highest BCUT2D eigenvalue weighted by molar-refractivity contribution is 7.09. The lowest BCUT2D eigenvalue weighted by Crippen LogP contribution is -2.40. The van der Waals surface area contributed by atoms with Crippen LogP contribution < -0.4 is 11.2 Å². The number of rotatable bonds is 7. The highest BCUT2D eigenvalue weighted by Gasteiger charge is 2.14. The minimum absolute atomic E-state index is 0.0892. The fraction of sp³-hybridized carbons (Fsp3) is 0.208. The van der Waals surface area contributed by atoms with Crippen molar-refractivity contribution in [1.82, 2.24) is 9.13 Å². The average molecular weight is 419 g/mol. The van der Waals surface area contributed by atoms with E-state index in [0.717, 1.165) is 10.4 Å². The smallest absolute Gasteiger partial charge is 0.294 e. The molecule has 0 saturated heterocycles. The number of carbonyl (C=O) groups excluding carboxylic acids is 1. The molecule has 0 amide bonds. The van der Waals surface area contributed by atoms with Crippen LogP contribution in [0.25, 0.3) is 10.9 Å². The molecule has 0 atom stereocenters. The van der Waals surface area contributed by atoms with Gasteiger partial charge in [0.05, 0.1) is 17.4 Å². The summed E-state index contributed by atoms with van der Waals surface area (Å²) in [6.45, 7) is 2.51. The van der Waals surface area contributed by atoms with E-state index in [0.29, 0.717) is 42.4 Å². The molecule has 0 fully saturated rings. The summed E-state index contributed by atoms with van der Waals surface area (Å²) >= 11 is 1.62. The number of thiophene rings is 1. The Balaban J connectivity index is 1.75. The van der Waals surface area contributed by atoms with Crippen molar-refractivity contribution in [3.05, 3.63) is 103 Å². The Labute approximate surface area is 177 Å². The van der Waals surface area contributed by atoms with Gasteiger partial charge in [-0.3, -0.25) is 18.7 Å². The van der Waals surface area contributed by atoms with Crippen LogP contribution in [-0.2, 0) is 19.5 Å². The molecule has 5 nitrogen and oxygen atoms in total. The van der Waals surface area contributed by atoms with Gasteiger partial charge in [-0.1, -0.05) is 49.4 Å². The molecule has 0 radical (unpaired) electrons. The number of ketones is 1. The lowest BCUT2D eigenvalue weighted by molar-refractivity contribution is 0.0988. The first-order valence-corrected chi connectivity index (χ1v) is 10.8. The van der Waals surface area contributed by atoms with Gasteiger partial charge in [0.25, 0.3) is 5.56 Å². The molecule has 0 aliphatic rings. The molecule has 0 unspecified atom stereocenters. The van der Waals surface area contributed by atoms with Crippen molar-refractivity contribution in [2.24, 2.45) is 0 Å². The molecule has 4 rings (SSSR count). The second-order valence-corrected chi connectivity index (χ2v) is 8.18. The van der Waals surface area contributed by atoms with Crippen molar-refractivity contribution in [1.29, 1.82) is 0 Å². The summed E-state index contributed by atoms with van der Waals surface area (Å²) in [5.41, 5.74) is 1.61. The zero-order chi connectivity index (χ0) is 21.1. The lowest BCUT2D eigenvalue weighted by atomic mass is 10.1. The molecule has 30 heavy (non-hydrogen) atoms. The highest BCUT2D eigenvalue weighted by atomic mass is 32.1. The number of nitrogens with zero attached hydrogens (tertiary/aromatic N) is 2. The number of hydrogen-bond donors (Lipinski definition) is 0. The van der Waals surface area contributed by atoms with E-state index in [9.17, 15) is 14.4 Å². The summed E-state index contributed by atoms with van der Waals surface area (Å²) in [4.78, 5) is 39.3. The molecule has 152 valence electrons. The lowest BCUT2D eigenvalue weighted by Gasteiger charge is -2.14. The zero-order valence-electron chi connectivity index (χ0n) is 16.7. The number of para-hydroxylation sites is 1. The number of hydrogen-bond acceptors (Lipinski definition) is 4. The Morgan fingerprint density at radius 1 is 0.933 bits per heavy atom. The molecular formula is C24H22N2O3S. The molecular weight excluding hydrogens is 396 g/mol. The van der Waals surface area contributed by atoms with Gasteiger partial charge in [-0.25, -0.2) is 4.79 Å². The molecule has 2 aromatic heterocycles. The number of aryl methyl sites for hydroxylation is 1. The maximum absolute atomic E-state index is 13.3. The summed E-state index contributed by atoms with van der Waals surface area (Å²) in [5, 5.41) is 2.52.